The van der Waals surface area contributed by atoms with Crippen LogP contribution in [-0.4, -0.2) is 29.7 Å². The van der Waals surface area contributed by atoms with Crippen LogP contribution in [0.5, 0.6) is 11.5 Å². The highest BCUT2D eigenvalue weighted by Gasteiger charge is 2.30. The molecule has 7 nitrogen and oxygen atoms in total. The lowest BCUT2D eigenvalue weighted by Crippen LogP contribution is -2.25. The minimum absolute atomic E-state index is 0.0235. The number of nitrogens with zero attached hydrogens (tertiary/aromatic N) is 2. The number of anilines is 2. The van der Waals surface area contributed by atoms with Crippen molar-refractivity contribution in [3.63, 3.8) is 0 Å². The minimum Gasteiger partial charge on any atom is -0.457 e. The van der Waals surface area contributed by atoms with Crippen molar-refractivity contribution in [1.82, 2.24) is 9.78 Å². The first kappa shape index (κ1) is 32.0. The number of para-hydroxylation sites is 1. The summed E-state index contributed by atoms with van der Waals surface area (Å²) in [6.45, 7) is 12.3. The number of benzene rings is 3. The monoisotopic (exact) mass is 585 g/mol. The van der Waals surface area contributed by atoms with E-state index < -0.39 is 0 Å². The molecule has 3 aromatic carbocycles. The van der Waals surface area contributed by atoms with Crippen LogP contribution in [0.2, 0.25) is 5.02 Å². The molecule has 1 unspecified atom stereocenters. The Morgan fingerprint density at radius 3 is 2.33 bits per heavy atom. The number of unbranched alkanes of at least 4 members (excludes halogenated alkanes) is 1. The van der Waals surface area contributed by atoms with Crippen LogP contribution in [0, 0.1) is 0 Å². The van der Waals surface area contributed by atoms with Crippen LogP contribution in [0.3, 0.4) is 0 Å². The largest absolute Gasteiger partial charge is 0.457 e. The van der Waals surface area contributed by atoms with E-state index in [2.05, 4.69) is 43.7 Å². The number of aromatic nitrogens is 2. The second-order valence-electron chi connectivity index (χ2n) is 9.57. The minimum atomic E-state index is -0.0235. The predicted octanol–water partition coefficient (Wildman–Crippen LogP) is 8.55. The number of nitrogens with two attached hydrogens (primary N) is 1. The van der Waals surface area contributed by atoms with Crippen molar-refractivity contribution >= 4 is 35.1 Å². The average Bonchev–Trinajstić information content (AvgIpc) is 3.43. The number of carbonyl (C=O) groups is 1. The highest BCUT2D eigenvalue weighted by Crippen LogP contribution is 2.41. The third-order valence-electron chi connectivity index (χ3n) is 6.58. The zero-order chi connectivity index (χ0) is 30.5. The van der Waals surface area contributed by atoms with Gasteiger partial charge in [-0.05, 0) is 72.7 Å². The van der Waals surface area contributed by atoms with Gasteiger partial charge in [0, 0.05) is 35.6 Å². The molecule has 1 aliphatic rings. The Bertz CT molecular complexity index is 1460. The fraction of sp³-hybridized carbons (Fsp3) is 0.235. The maximum absolute atomic E-state index is 9.06. The number of halogens is 1. The number of carbonyl (C=O) groups excluding carboxylic acids is 1. The summed E-state index contributed by atoms with van der Waals surface area (Å²) >= 11 is 6.62. The molecular weight excluding hydrogens is 546 g/mol. The number of ether oxygens (including phenoxy) is 1. The van der Waals surface area contributed by atoms with Crippen molar-refractivity contribution in [2.45, 2.75) is 39.2 Å². The number of nitrogens with one attached hydrogen (secondary N) is 2. The van der Waals surface area contributed by atoms with Crippen molar-refractivity contribution in [3.8, 4) is 22.8 Å². The van der Waals surface area contributed by atoms with Crippen LogP contribution in [0.4, 0.5) is 11.5 Å². The number of allylic oxidation sites excluding steroid dienone is 1. The molecule has 1 aromatic heterocycles. The first-order valence-corrected chi connectivity index (χ1v) is 14.4. The first-order chi connectivity index (χ1) is 20.4. The summed E-state index contributed by atoms with van der Waals surface area (Å²) in [7, 11) is 1.90. The molecule has 8 heteroatoms. The van der Waals surface area contributed by atoms with Gasteiger partial charge < -0.3 is 21.1 Å². The molecule has 0 amide bonds. The van der Waals surface area contributed by atoms with Gasteiger partial charge in [0.25, 0.3) is 0 Å². The maximum Gasteiger partial charge on any atom is 0.142 e. The van der Waals surface area contributed by atoms with Gasteiger partial charge in [-0.25, -0.2) is 4.68 Å². The lowest BCUT2D eigenvalue weighted by atomic mass is 10.0. The SMILES string of the molecule is C=C(N)c1c(-c2ccc(Oc3ccccc3)cc2)nn2c1NCCC2c1cc(NC)ccc1Cl.C=CC=O.CCCC. The van der Waals surface area contributed by atoms with E-state index in [0.717, 1.165) is 58.4 Å². The quantitative estimate of drug-likeness (QED) is 0.142. The molecule has 0 radical (unpaired) electrons. The number of rotatable bonds is 8. The molecule has 1 aliphatic heterocycles. The second kappa shape index (κ2) is 16.1. The topological polar surface area (TPSA) is 94.2 Å². The molecule has 2 heterocycles. The Balaban J connectivity index is 0.000000540. The van der Waals surface area contributed by atoms with Gasteiger partial charge in [0.1, 0.15) is 29.3 Å². The number of fused-ring (bicyclic) bond motifs is 1. The predicted molar refractivity (Wildman–Crippen MR) is 176 cm³/mol. The van der Waals surface area contributed by atoms with Crippen LogP contribution in [0.25, 0.3) is 17.0 Å². The summed E-state index contributed by atoms with van der Waals surface area (Å²) < 4.78 is 7.92. The Morgan fingerprint density at radius 2 is 1.76 bits per heavy atom. The fourth-order valence-corrected chi connectivity index (χ4v) is 4.58. The van der Waals surface area contributed by atoms with Crippen molar-refractivity contribution in [3.05, 3.63) is 108 Å². The van der Waals surface area contributed by atoms with E-state index in [0.29, 0.717) is 17.0 Å². The molecule has 0 spiro atoms. The third kappa shape index (κ3) is 8.04. The molecule has 1 atom stereocenters. The number of hydrogen-bond donors (Lipinski definition) is 3. The molecule has 0 saturated heterocycles. The molecule has 4 aromatic rings. The molecular formula is C34H40ClN5O2. The zero-order valence-corrected chi connectivity index (χ0v) is 25.3. The molecule has 0 aliphatic carbocycles. The lowest BCUT2D eigenvalue weighted by Gasteiger charge is -2.27. The van der Waals surface area contributed by atoms with Gasteiger partial charge in [0.05, 0.1) is 11.6 Å². The summed E-state index contributed by atoms with van der Waals surface area (Å²) in [5.74, 6) is 2.39. The molecule has 0 saturated carbocycles. The van der Waals surface area contributed by atoms with Crippen LogP contribution in [0.1, 0.15) is 50.3 Å². The summed E-state index contributed by atoms with van der Waals surface area (Å²) in [5, 5.41) is 12.4. The van der Waals surface area contributed by atoms with Crippen LogP contribution in [0.15, 0.2) is 92.0 Å². The van der Waals surface area contributed by atoms with Crippen molar-refractivity contribution < 1.29 is 9.53 Å². The normalized spacial score (nSPS) is 13.1. The molecule has 0 fully saturated rings. The fourth-order valence-electron chi connectivity index (χ4n) is 4.33. The van der Waals surface area contributed by atoms with E-state index in [1.54, 1.807) is 0 Å². The van der Waals surface area contributed by atoms with Crippen molar-refractivity contribution in [2.24, 2.45) is 5.73 Å². The molecule has 0 bridgehead atoms. The Morgan fingerprint density at radius 1 is 1.12 bits per heavy atom. The standard InChI is InChI=1S/C27H26ClN5O.C4H10.C3H4O/c1-17(29)25-26(18-8-11-21(12-9-18)34-20-6-4-3-5-7-20)32-33-24(14-15-31-27(25)33)22-16-19(30-2)10-13-23(22)28;1-3-4-2;1-2-3-4/h3-13,16,24,30-31H,1,14-15,29H2,2H3;3-4H2,1-2H3;2-3H,1H2. The average molecular weight is 586 g/mol. The van der Waals surface area contributed by atoms with Crippen molar-refractivity contribution in [1.29, 1.82) is 0 Å². The summed E-state index contributed by atoms with van der Waals surface area (Å²) in [4.78, 5) is 9.06. The number of hydrogen-bond acceptors (Lipinski definition) is 6. The molecule has 4 N–H and O–H groups in total. The van der Waals surface area contributed by atoms with E-state index in [1.165, 1.54) is 18.9 Å². The van der Waals surface area contributed by atoms with E-state index in [-0.39, 0.29) is 6.04 Å². The van der Waals surface area contributed by atoms with Gasteiger partial charge in [-0.1, -0.05) is 69.6 Å². The number of aldehydes is 1. The molecule has 220 valence electrons. The lowest BCUT2D eigenvalue weighted by molar-refractivity contribution is -0.104. The smallest absolute Gasteiger partial charge is 0.142 e. The maximum atomic E-state index is 9.06. The van der Waals surface area contributed by atoms with E-state index >= 15 is 0 Å². The third-order valence-corrected chi connectivity index (χ3v) is 6.93. The molecule has 42 heavy (non-hydrogen) atoms. The van der Waals surface area contributed by atoms with E-state index in [9.17, 15) is 0 Å². The van der Waals surface area contributed by atoms with E-state index in [4.69, 9.17) is 32.0 Å². The Kier molecular flexibility index (Phi) is 12.3. The zero-order valence-electron chi connectivity index (χ0n) is 24.6. The van der Waals surface area contributed by atoms with Gasteiger partial charge >= 0.3 is 0 Å². The summed E-state index contributed by atoms with van der Waals surface area (Å²) in [5.41, 5.74) is 11.3. The van der Waals surface area contributed by atoms with Crippen LogP contribution in [-0.2, 0) is 4.79 Å². The Hall–Kier alpha value is -4.49. The van der Waals surface area contributed by atoms with E-state index in [1.807, 2.05) is 78.5 Å². The van der Waals surface area contributed by atoms with Crippen LogP contribution < -0.4 is 21.1 Å². The van der Waals surface area contributed by atoms with Gasteiger partial charge in [0.2, 0.25) is 0 Å². The van der Waals surface area contributed by atoms with Crippen molar-refractivity contribution in [2.75, 3.05) is 24.2 Å². The Labute approximate surface area is 254 Å². The highest BCUT2D eigenvalue weighted by atomic mass is 35.5. The van der Waals surface area contributed by atoms with Gasteiger partial charge in [-0.3, -0.25) is 4.79 Å². The van der Waals surface area contributed by atoms with Gasteiger partial charge in [-0.15, -0.1) is 0 Å². The van der Waals surface area contributed by atoms with Gasteiger partial charge in [0.15, 0.2) is 0 Å². The van der Waals surface area contributed by atoms with Crippen LogP contribution >= 0.6 is 11.6 Å². The summed E-state index contributed by atoms with van der Waals surface area (Å²) in [6, 6.07) is 23.5. The van der Waals surface area contributed by atoms with Gasteiger partial charge in [-0.2, -0.15) is 5.10 Å². The second-order valence-corrected chi connectivity index (χ2v) is 9.98. The molecule has 5 rings (SSSR count). The highest BCUT2D eigenvalue weighted by molar-refractivity contribution is 6.31. The first-order valence-electron chi connectivity index (χ1n) is 14.1. The summed E-state index contributed by atoms with van der Waals surface area (Å²) in [6.07, 6.45) is 5.32.